The van der Waals surface area contributed by atoms with Crippen LogP contribution in [0, 0.1) is 20.8 Å². The molecule has 1 aromatic heterocycles. The van der Waals surface area contributed by atoms with Gasteiger partial charge in [0.2, 0.25) is 0 Å². The number of benzene rings is 4. The fourth-order valence-corrected chi connectivity index (χ4v) is 5.62. The summed E-state index contributed by atoms with van der Waals surface area (Å²) < 4.78 is 13.5. The molecule has 1 fully saturated rings. The number of para-hydroxylation sites is 1. The molecule has 2 heterocycles. The van der Waals surface area contributed by atoms with Crippen molar-refractivity contribution in [1.29, 1.82) is 0 Å². The Morgan fingerprint density at radius 3 is 2.15 bits per heavy atom. The van der Waals surface area contributed by atoms with Gasteiger partial charge in [0.15, 0.2) is 11.8 Å². The van der Waals surface area contributed by atoms with E-state index in [2.05, 4.69) is 105 Å². The average molecular weight is 448 g/mol. The normalized spacial score (nSPS) is 20.5. The van der Waals surface area contributed by atoms with E-state index >= 15 is 0 Å². The van der Waals surface area contributed by atoms with E-state index in [0.29, 0.717) is 0 Å². The second-order valence-electron chi connectivity index (χ2n) is 9.48. The van der Waals surface area contributed by atoms with Crippen LogP contribution in [-0.2, 0) is 4.74 Å². The van der Waals surface area contributed by atoms with Crippen LogP contribution in [0.15, 0.2) is 89.3 Å². The number of fused-ring (bicyclic) bond motifs is 3. The summed E-state index contributed by atoms with van der Waals surface area (Å²) in [4.78, 5) is 2.45. The molecule has 5 aromatic rings. The van der Waals surface area contributed by atoms with Crippen LogP contribution < -0.4 is 4.90 Å². The lowest BCUT2D eigenvalue weighted by Gasteiger charge is -2.32. The molecule has 1 aliphatic rings. The summed E-state index contributed by atoms with van der Waals surface area (Å²) >= 11 is 0. The summed E-state index contributed by atoms with van der Waals surface area (Å²) in [5, 5.41) is 2.29. The molecule has 1 aliphatic heterocycles. The summed E-state index contributed by atoms with van der Waals surface area (Å²) in [6.07, 6.45) is -0.261. The quantitative estimate of drug-likeness (QED) is 0.279. The van der Waals surface area contributed by atoms with Crippen LogP contribution >= 0.6 is 0 Å². The maximum absolute atomic E-state index is 6.94. The Kier molecular flexibility index (Phi) is 4.96. The van der Waals surface area contributed by atoms with Crippen LogP contribution in [0.25, 0.3) is 21.9 Å². The molecule has 3 heteroatoms. The zero-order valence-corrected chi connectivity index (χ0v) is 20.1. The molecule has 3 nitrogen and oxygen atoms in total. The highest BCUT2D eigenvalue weighted by molar-refractivity contribution is 6.09. The van der Waals surface area contributed by atoms with Gasteiger partial charge in [0.1, 0.15) is 11.7 Å². The van der Waals surface area contributed by atoms with Crippen molar-refractivity contribution in [1.82, 2.24) is 0 Å². The highest BCUT2D eigenvalue weighted by atomic mass is 16.5. The van der Waals surface area contributed by atoms with Crippen LogP contribution in [0.4, 0.5) is 5.69 Å². The lowest BCUT2D eigenvalue weighted by atomic mass is 9.98. The van der Waals surface area contributed by atoms with Gasteiger partial charge in [0.05, 0.1) is 11.7 Å². The Morgan fingerprint density at radius 2 is 1.38 bits per heavy atom. The number of hydrogen-bond acceptors (Lipinski definition) is 3. The maximum Gasteiger partial charge on any atom is 0.159 e. The summed E-state index contributed by atoms with van der Waals surface area (Å²) in [6, 6.07) is 29.9. The number of anilines is 1. The Bertz CT molecular complexity index is 1480. The lowest BCUT2D eigenvalue weighted by Crippen LogP contribution is -2.32. The Balaban J connectivity index is 1.61. The molecule has 170 valence electrons. The number of hydrogen-bond donors (Lipinski definition) is 0. The van der Waals surface area contributed by atoms with E-state index in [-0.39, 0.29) is 18.4 Å². The highest BCUT2D eigenvalue weighted by Gasteiger charge is 2.43. The summed E-state index contributed by atoms with van der Waals surface area (Å²) in [7, 11) is 0. The molecule has 2 unspecified atom stereocenters. The summed E-state index contributed by atoms with van der Waals surface area (Å²) in [5.41, 5.74) is 9.07. The van der Waals surface area contributed by atoms with Crippen molar-refractivity contribution in [3.8, 4) is 0 Å². The predicted molar refractivity (Wildman–Crippen MR) is 139 cm³/mol. The van der Waals surface area contributed by atoms with Gasteiger partial charge in [-0.15, -0.1) is 0 Å². The largest absolute Gasteiger partial charge is 0.454 e. The average Bonchev–Trinajstić information content (AvgIpc) is 3.38. The Morgan fingerprint density at radius 1 is 0.676 bits per heavy atom. The molecule has 4 aromatic carbocycles. The second-order valence-corrected chi connectivity index (χ2v) is 9.48. The van der Waals surface area contributed by atoms with Crippen molar-refractivity contribution >= 4 is 27.6 Å². The van der Waals surface area contributed by atoms with Crippen molar-refractivity contribution in [3.63, 3.8) is 0 Å². The monoisotopic (exact) mass is 447 g/mol. The van der Waals surface area contributed by atoms with E-state index in [4.69, 9.17) is 9.15 Å². The van der Waals surface area contributed by atoms with E-state index in [1.165, 1.54) is 27.8 Å². The minimum absolute atomic E-state index is 0.0516. The highest BCUT2D eigenvalue weighted by Crippen LogP contribution is 2.50. The van der Waals surface area contributed by atoms with Crippen LogP contribution in [0.3, 0.4) is 0 Å². The molecule has 0 aliphatic carbocycles. The van der Waals surface area contributed by atoms with E-state index < -0.39 is 0 Å². The Labute approximate surface area is 200 Å². The van der Waals surface area contributed by atoms with E-state index in [0.717, 1.165) is 27.6 Å². The van der Waals surface area contributed by atoms with Gasteiger partial charge in [-0.1, -0.05) is 78.9 Å². The SMILES string of the molecule is Cc1cccc(C)c1C1OC(c2ccccc2)[C@H](C)N1c1c(C)ccc2c1oc1ccccc12. The first-order valence-corrected chi connectivity index (χ1v) is 12.0. The van der Waals surface area contributed by atoms with Crippen molar-refractivity contribution in [2.45, 2.75) is 46.1 Å². The molecular weight excluding hydrogens is 418 g/mol. The fourth-order valence-electron chi connectivity index (χ4n) is 5.62. The fraction of sp³-hybridized carbons (Fsp3) is 0.226. The van der Waals surface area contributed by atoms with Gasteiger partial charge in [-0.2, -0.15) is 0 Å². The third-order valence-electron chi connectivity index (χ3n) is 7.30. The van der Waals surface area contributed by atoms with Gasteiger partial charge in [-0.05, 0) is 56.0 Å². The first-order chi connectivity index (χ1) is 16.5. The molecule has 6 rings (SSSR count). The van der Waals surface area contributed by atoms with E-state index in [1.807, 2.05) is 12.1 Å². The van der Waals surface area contributed by atoms with Gasteiger partial charge in [-0.25, -0.2) is 0 Å². The zero-order chi connectivity index (χ0) is 23.4. The van der Waals surface area contributed by atoms with Gasteiger partial charge >= 0.3 is 0 Å². The molecular formula is C31H29NO2. The van der Waals surface area contributed by atoms with E-state index in [9.17, 15) is 0 Å². The maximum atomic E-state index is 6.94. The van der Waals surface area contributed by atoms with Crippen molar-refractivity contribution in [2.24, 2.45) is 0 Å². The third-order valence-corrected chi connectivity index (χ3v) is 7.30. The predicted octanol–water partition coefficient (Wildman–Crippen LogP) is 8.18. The molecule has 34 heavy (non-hydrogen) atoms. The van der Waals surface area contributed by atoms with Crippen molar-refractivity contribution in [3.05, 3.63) is 113 Å². The van der Waals surface area contributed by atoms with Gasteiger partial charge in [0, 0.05) is 16.3 Å². The minimum Gasteiger partial charge on any atom is -0.454 e. The summed E-state index contributed by atoms with van der Waals surface area (Å²) in [6.45, 7) is 8.80. The minimum atomic E-state index is -0.209. The van der Waals surface area contributed by atoms with Crippen molar-refractivity contribution < 1.29 is 9.15 Å². The van der Waals surface area contributed by atoms with Gasteiger partial charge in [0.25, 0.3) is 0 Å². The molecule has 0 saturated carbocycles. The standard InChI is InChI=1S/C31H29NO2/c1-19-11-10-12-20(2)27(19)31-32(22(4)29(34-31)23-13-6-5-7-14-23)28-21(3)17-18-25-24-15-8-9-16-26(24)33-30(25)28/h5-18,22,29,31H,1-4H3/t22-,29?,31?/m0/s1. The molecule has 0 N–H and O–H groups in total. The third kappa shape index (κ3) is 3.15. The topological polar surface area (TPSA) is 25.6 Å². The van der Waals surface area contributed by atoms with Gasteiger partial charge < -0.3 is 14.1 Å². The number of nitrogens with zero attached hydrogens (tertiary/aromatic N) is 1. The number of aryl methyl sites for hydroxylation is 3. The molecule has 1 saturated heterocycles. The second kappa shape index (κ2) is 8.03. The smallest absolute Gasteiger partial charge is 0.159 e. The molecule has 0 radical (unpaired) electrons. The van der Waals surface area contributed by atoms with Gasteiger partial charge in [-0.3, -0.25) is 0 Å². The Hall–Kier alpha value is -3.56. The van der Waals surface area contributed by atoms with Crippen LogP contribution in [0.5, 0.6) is 0 Å². The first kappa shape index (κ1) is 21.0. The van der Waals surface area contributed by atoms with Crippen LogP contribution in [0.1, 0.15) is 47.1 Å². The van der Waals surface area contributed by atoms with E-state index in [1.54, 1.807) is 0 Å². The molecule has 0 spiro atoms. The van der Waals surface area contributed by atoms with Crippen LogP contribution in [-0.4, -0.2) is 6.04 Å². The zero-order valence-electron chi connectivity index (χ0n) is 20.1. The molecule has 0 amide bonds. The number of ether oxygens (including phenoxy) is 1. The van der Waals surface area contributed by atoms with Crippen molar-refractivity contribution in [2.75, 3.05) is 4.90 Å². The molecule has 3 atom stereocenters. The lowest BCUT2D eigenvalue weighted by molar-refractivity contribution is 0.0411. The summed E-state index contributed by atoms with van der Waals surface area (Å²) in [5.74, 6) is 0. The van der Waals surface area contributed by atoms with Crippen LogP contribution in [0.2, 0.25) is 0 Å². The first-order valence-electron chi connectivity index (χ1n) is 12.0. The molecule has 0 bridgehead atoms. The number of furan rings is 1. The number of rotatable bonds is 3.